The summed E-state index contributed by atoms with van der Waals surface area (Å²) in [5.74, 6) is 0.495. The molecule has 0 aromatic carbocycles. The Morgan fingerprint density at radius 2 is 2.11 bits per heavy atom. The molecule has 18 heavy (non-hydrogen) atoms. The number of nitrogens with two attached hydrogens (primary N) is 1. The molecular weight excluding hydrogens is 252 g/mol. The van der Waals surface area contributed by atoms with Gasteiger partial charge in [-0.3, -0.25) is 4.68 Å². The van der Waals surface area contributed by atoms with Gasteiger partial charge in [-0.15, -0.1) is 5.10 Å². The van der Waals surface area contributed by atoms with Gasteiger partial charge in [0, 0.05) is 12.6 Å². The average molecular weight is 269 g/mol. The van der Waals surface area contributed by atoms with Crippen molar-refractivity contribution >= 4 is 17.4 Å². The number of nitrogen functional groups attached to an aromatic ring is 1. The highest BCUT2D eigenvalue weighted by Gasteiger charge is 2.15. The summed E-state index contributed by atoms with van der Waals surface area (Å²) < 4.78 is 3.46. The second-order valence-corrected chi connectivity index (χ2v) is 4.67. The van der Waals surface area contributed by atoms with Crippen LogP contribution < -0.4 is 5.73 Å². The molecule has 0 bridgehead atoms. The van der Waals surface area contributed by atoms with Crippen LogP contribution in [0.2, 0.25) is 5.15 Å². The van der Waals surface area contributed by atoms with Gasteiger partial charge in [0.1, 0.15) is 5.15 Å². The van der Waals surface area contributed by atoms with Crippen LogP contribution in [-0.4, -0.2) is 24.8 Å². The predicted molar refractivity (Wildman–Crippen MR) is 70.5 cm³/mol. The lowest BCUT2D eigenvalue weighted by Crippen LogP contribution is -2.08. The van der Waals surface area contributed by atoms with Crippen molar-refractivity contribution in [2.75, 3.05) is 5.73 Å². The molecule has 7 heteroatoms. The number of aromatic nitrogens is 5. The number of rotatable bonds is 4. The lowest BCUT2D eigenvalue weighted by molar-refractivity contribution is 0.611. The Hall–Kier alpha value is -1.56. The van der Waals surface area contributed by atoms with Crippen LogP contribution in [0.15, 0.2) is 0 Å². The van der Waals surface area contributed by atoms with Crippen molar-refractivity contribution in [2.24, 2.45) is 7.05 Å². The standard InChI is InChI=1S/C11H17ClN6/c1-4-5-9-11(13)14-16-18(9)6-8-7(2)15-17(3)10(8)12/h4-6,13H2,1-3H3. The Balaban J connectivity index is 2.34. The van der Waals surface area contributed by atoms with Gasteiger partial charge in [-0.1, -0.05) is 30.2 Å². The van der Waals surface area contributed by atoms with Crippen molar-refractivity contribution in [3.63, 3.8) is 0 Å². The van der Waals surface area contributed by atoms with E-state index in [1.807, 2.05) is 14.0 Å². The van der Waals surface area contributed by atoms with E-state index in [9.17, 15) is 0 Å². The van der Waals surface area contributed by atoms with E-state index in [-0.39, 0.29) is 0 Å². The zero-order valence-corrected chi connectivity index (χ0v) is 11.6. The van der Waals surface area contributed by atoms with Crippen molar-refractivity contribution in [1.82, 2.24) is 24.8 Å². The van der Waals surface area contributed by atoms with E-state index in [0.29, 0.717) is 17.5 Å². The summed E-state index contributed by atoms with van der Waals surface area (Å²) in [6, 6.07) is 0. The zero-order valence-electron chi connectivity index (χ0n) is 10.8. The zero-order chi connectivity index (χ0) is 13.3. The summed E-state index contributed by atoms with van der Waals surface area (Å²) in [6.45, 7) is 4.58. The van der Waals surface area contributed by atoms with Crippen LogP contribution in [0.25, 0.3) is 0 Å². The number of nitrogens with zero attached hydrogens (tertiary/aromatic N) is 5. The van der Waals surface area contributed by atoms with Crippen LogP contribution in [-0.2, 0) is 20.0 Å². The third-order valence-electron chi connectivity index (χ3n) is 2.93. The summed E-state index contributed by atoms with van der Waals surface area (Å²) in [4.78, 5) is 0. The van der Waals surface area contributed by atoms with Gasteiger partial charge in [-0.25, -0.2) is 4.68 Å². The Bertz CT molecular complexity index is 556. The van der Waals surface area contributed by atoms with E-state index < -0.39 is 0 Å². The number of anilines is 1. The molecule has 0 spiro atoms. The molecule has 2 aromatic rings. The van der Waals surface area contributed by atoms with Gasteiger partial charge in [0.15, 0.2) is 5.82 Å². The van der Waals surface area contributed by atoms with Crippen LogP contribution in [0.4, 0.5) is 5.82 Å². The minimum atomic E-state index is 0.495. The van der Waals surface area contributed by atoms with E-state index >= 15 is 0 Å². The van der Waals surface area contributed by atoms with Crippen LogP contribution in [0, 0.1) is 6.92 Å². The maximum atomic E-state index is 6.21. The van der Waals surface area contributed by atoms with E-state index in [1.54, 1.807) is 9.36 Å². The topological polar surface area (TPSA) is 74.6 Å². The fourth-order valence-electron chi connectivity index (χ4n) is 1.97. The lowest BCUT2D eigenvalue weighted by atomic mass is 10.2. The molecule has 0 saturated heterocycles. The SMILES string of the molecule is CCCc1c(N)nnn1Cc1c(C)nn(C)c1Cl. The van der Waals surface area contributed by atoms with Gasteiger partial charge in [0.25, 0.3) is 0 Å². The van der Waals surface area contributed by atoms with Gasteiger partial charge in [0.2, 0.25) is 0 Å². The smallest absolute Gasteiger partial charge is 0.169 e. The fourth-order valence-corrected chi connectivity index (χ4v) is 2.20. The molecule has 0 aliphatic carbocycles. The van der Waals surface area contributed by atoms with Crippen LogP contribution in [0.3, 0.4) is 0 Å². The van der Waals surface area contributed by atoms with Gasteiger partial charge in [-0.05, 0) is 13.3 Å². The number of hydrogen-bond acceptors (Lipinski definition) is 4. The molecular formula is C11H17ClN6. The number of aryl methyl sites for hydroxylation is 2. The highest BCUT2D eigenvalue weighted by molar-refractivity contribution is 6.30. The minimum absolute atomic E-state index is 0.495. The molecule has 0 unspecified atom stereocenters. The highest BCUT2D eigenvalue weighted by atomic mass is 35.5. The van der Waals surface area contributed by atoms with Crippen molar-refractivity contribution in [2.45, 2.75) is 33.2 Å². The summed E-state index contributed by atoms with van der Waals surface area (Å²) in [6.07, 6.45) is 1.85. The first-order valence-electron chi connectivity index (χ1n) is 5.90. The molecule has 0 fully saturated rings. The summed E-state index contributed by atoms with van der Waals surface area (Å²) in [7, 11) is 1.82. The Labute approximate surface area is 111 Å². The Morgan fingerprint density at radius 1 is 1.39 bits per heavy atom. The van der Waals surface area contributed by atoms with E-state index in [4.69, 9.17) is 17.3 Å². The van der Waals surface area contributed by atoms with E-state index in [0.717, 1.165) is 29.8 Å². The Morgan fingerprint density at radius 3 is 2.67 bits per heavy atom. The molecule has 0 saturated carbocycles. The maximum absolute atomic E-state index is 6.21. The number of hydrogen-bond donors (Lipinski definition) is 1. The normalized spacial score (nSPS) is 11.1. The highest BCUT2D eigenvalue weighted by Crippen LogP contribution is 2.21. The predicted octanol–water partition coefficient (Wildman–Crippen LogP) is 1.56. The molecule has 0 aliphatic rings. The molecule has 6 nitrogen and oxygen atoms in total. The third kappa shape index (κ3) is 2.20. The molecule has 0 aliphatic heterocycles. The minimum Gasteiger partial charge on any atom is -0.381 e. The fraction of sp³-hybridized carbons (Fsp3) is 0.545. The van der Waals surface area contributed by atoms with Gasteiger partial charge in [0.05, 0.1) is 17.9 Å². The van der Waals surface area contributed by atoms with Crippen LogP contribution >= 0.6 is 11.6 Å². The average Bonchev–Trinajstić information content (AvgIpc) is 2.78. The van der Waals surface area contributed by atoms with E-state index in [1.165, 1.54) is 0 Å². The largest absolute Gasteiger partial charge is 0.381 e. The van der Waals surface area contributed by atoms with Gasteiger partial charge in [-0.2, -0.15) is 5.10 Å². The molecule has 2 heterocycles. The molecule has 0 amide bonds. The molecule has 2 rings (SSSR count). The first-order chi connectivity index (χ1) is 8.54. The molecule has 2 aromatic heterocycles. The molecule has 0 radical (unpaired) electrons. The van der Waals surface area contributed by atoms with Crippen LogP contribution in [0.5, 0.6) is 0 Å². The second-order valence-electron chi connectivity index (χ2n) is 4.31. The first kappa shape index (κ1) is 12.9. The summed E-state index contributed by atoms with van der Waals surface area (Å²) in [5, 5.41) is 12.9. The molecule has 2 N–H and O–H groups in total. The lowest BCUT2D eigenvalue weighted by Gasteiger charge is -2.05. The third-order valence-corrected chi connectivity index (χ3v) is 3.40. The monoisotopic (exact) mass is 268 g/mol. The molecule has 0 atom stereocenters. The quantitative estimate of drug-likeness (QED) is 0.913. The van der Waals surface area contributed by atoms with Crippen LogP contribution in [0.1, 0.15) is 30.3 Å². The van der Waals surface area contributed by atoms with Crippen molar-refractivity contribution in [1.29, 1.82) is 0 Å². The van der Waals surface area contributed by atoms with Crippen molar-refractivity contribution < 1.29 is 0 Å². The van der Waals surface area contributed by atoms with Gasteiger partial charge < -0.3 is 5.73 Å². The van der Waals surface area contributed by atoms with Crippen molar-refractivity contribution in [3.8, 4) is 0 Å². The second kappa shape index (κ2) is 4.97. The summed E-state index contributed by atoms with van der Waals surface area (Å²) in [5.41, 5.74) is 8.63. The first-order valence-corrected chi connectivity index (χ1v) is 6.28. The summed E-state index contributed by atoms with van der Waals surface area (Å²) >= 11 is 6.21. The maximum Gasteiger partial charge on any atom is 0.169 e. The van der Waals surface area contributed by atoms with Gasteiger partial charge >= 0.3 is 0 Å². The van der Waals surface area contributed by atoms with Crippen molar-refractivity contribution in [3.05, 3.63) is 22.1 Å². The molecule has 98 valence electrons. The number of halogens is 1. The van der Waals surface area contributed by atoms with E-state index in [2.05, 4.69) is 22.3 Å². The Kier molecular flexibility index (Phi) is 3.56.